The van der Waals surface area contributed by atoms with Crippen LogP contribution in [0.3, 0.4) is 0 Å². The number of hydrogen-bond donors (Lipinski definition) is 0. The van der Waals surface area contributed by atoms with Crippen molar-refractivity contribution in [2.24, 2.45) is 0 Å². The Bertz CT molecular complexity index is 243. The highest BCUT2D eigenvalue weighted by atomic mass is 28.3. The molecule has 1 atom stereocenters. The molecular formula is C14H30OSi2. The zero-order chi connectivity index (χ0) is 13.7. The summed E-state index contributed by atoms with van der Waals surface area (Å²) in [6.07, 6.45) is 5.42. The van der Waals surface area contributed by atoms with E-state index in [9.17, 15) is 0 Å². The molecule has 17 heavy (non-hydrogen) atoms. The number of allylic oxidation sites excluding steroid dienone is 1. The third kappa shape index (κ3) is 4.07. The Kier molecular flexibility index (Phi) is 6.39. The van der Waals surface area contributed by atoms with Crippen molar-refractivity contribution in [1.29, 1.82) is 0 Å². The van der Waals surface area contributed by atoms with E-state index in [1.165, 1.54) is 6.42 Å². The largest absolute Gasteiger partial charge is 0.412 e. The second kappa shape index (κ2) is 6.34. The number of unbranched alkanes of at least 4 members (excludes halogenated alkanes) is 1. The summed E-state index contributed by atoms with van der Waals surface area (Å²) in [5.41, 5.74) is 0.00762. The van der Waals surface area contributed by atoms with Crippen molar-refractivity contribution in [2.75, 3.05) is 0 Å². The van der Waals surface area contributed by atoms with E-state index in [2.05, 4.69) is 53.5 Å². The second-order valence-electron chi connectivity index (χ2n) is 6.59. The van der Waals surface area contributed by atoms with Crippen LogP contribution >= 0.6 is 0 Å². The predicted molar refractivity (Wildman–Crippen MR) is 82.5 cm³/mol. The van der Waals surface area contributed by atoms with Gasteiger partial charge in [0.2, 0.25) is 9.76 Å². The monoisotopic (exact) mass is 270 g/mol. The normalized spacial score (nSPS) is 16.6. The first-order valence-electron chi connectivity index (χ1n) is 6.58. The Morgan fingerprint density at radius 3 is 2.12 bits per heavy atom. The topological polar surface area (TPSA) is 9.23 Å². The number of rotatable bonds is 8. The molecule has 0 amide bonds. The van der Waals surface area contributed by atoms with Crippen LogP contribution in [0.25, 0.3) is 0 Å². The highest BCUT2D eigenvalue weighted by Crippen LogP contribution is 2.51. The van der Waals surface area contributed by atoms with Crippen LogP contribution in [0.4, 0.5) is 0 Å². The average molecular weight is 271 g/mol. The fourth-order valence-electron chi connectivity index (χ4n) is 2.09. The molecule has 3 heteroatoms. The molecular weight excluding hydrogens is 240 g/mol. The van der Waals surface area contributed by atoms with Crippen molar-refractivity contribution in [1.82, 2.24) is 0 Å². The molecule has 2 radical (unpaired) electrons. The molecule has 0 heterocycles. The molecule has 0 saturated heterocycles. The van der Waals surface area contributed by atoms with Crippen molar-refractivity contribution in [2.45, 2.75) is 76.9 Å². The first-order chi connectivity index (χ1) is 7.62. The summed E-state index contributed by atoms with van der Waals surface area (Å²) >= 11 is 0. The summed E-state index contributed by atoms with van der Waals surface area (Å²) in [5.74, 6) is 0. The molecule has 0 aromatic rings. The van der Waals surface area contributed by atoms with Crippen LogP contribution in [-0.2, 0) is 4.43 Å². The van der Waals surface area contributed by atoms with Crippen LogP contribution in [0.1, 0.15) is 40.0 Å². The van der Waals surface area contributed by atoms with Crippen LogP contribution in [0, 0.1) is 0 Å². The van der Waals surface area contributed by atoms with Gasteiger partial charge in [-0.1, -0.05) is 39.6 Å². The second-order valence-corrected chi connectivity index (χ2v) is 13.0. The van der Waals surface area contributed by atoms with Gasteiger partial charge >= 0.3 is 0 Å². The molecule has 0 aliphatic carbocycles. The molecule has 0 rings (SSSR count). The smallest absolute Gasteiger partial charge is 0.226 e. The van der Waals surface area contributed by atoms with Gasteiger partial charge in [0.05, 0.1) is 13.7 Å². The van der Waals surface area contributed by atoms with Gasteiger partial charge in [-0.3, -0.25) is 0 Å². The van der Waals surface area contributed by atoms with Gasteiger partial charge in [0.25, 0.3) is 0 Å². The first kappa shape index (κ1) is 17.1. The molecule has 0 aliphatic rings. The Balaban J connectivity index is 4.97. The summed E-state index contributed by atoms with van der Waals surface area (Å²) in [6, 6.07) is 0. The minimum atomic E-state index is -1.26. The highest BCUT2D eigenvalue weighted by molar-refractivity contribution is 6.79. The van der Waals surface area contributed by atoms with E-state index in [4.69, 9.17) is 4.43 Å². The van der Waals surface area contributed by atoms with Crippen LogP contribution < -0.4 is 0 Å². The molecule has 0 bridgehead atoms. The molecule has 1 nitrogen and oxygen atoms in total. The molecule has 100 valence electrons. The third-order valence-corrected chi connectivity index (χ3v) is 9.52. The van der Waals surface area contributed by atoms with Crippen molar-refractivity contribution in [3.8, 4) is 0 Å². The summed E-state index contributed by atoms with van der Waals surface area (Å²) in [4.78, 5) is 0. The quantitative estimate of drug-likeness (QED) is 0.346. The molecule has 0 N–H and O–H groups in total. The summed E-state index contributed by atoms with van der Waals surface area (Å²) in [7, 11) is -0.694. The number of hydrogen-bond acceptors (Lipinski definition) is 1. The lowest BCUT2D eigenvalue weighted by molar-refractivity contribution is 0.0394. The van der Waals surface area contributed by atoms with Crippen molar-refractivity contribution < 1.29 is 4.43 Å². The van der Waals surface area contributed by atoms with Gasteiger partial charge in [0, 0.05) is 0 Å². The average Bonchev–Trinajstić information content (AvgIpc) is 2.16. The van der Waals surface area contributed by atoms with Gasteiger partial charge in [-0.15, -0.1) is 6.58 Å². The van der Waals surface area contributed by atoms with Gasteiger partial charge in [0.15, 0.2) is 0 Å². The molecule has 0 aromatic heterocycles. The van der Waals surface area contributed by atoms with E-state index >= 15 is 0 Å². The minimum Gasteiger partial charge on any atom is -0.412 e. The Hall–Kier alpha value is 0.134. The molecule has 0 spiro atoms. The summed E-state index contributed by atoms with van der Waals surface area (Å²) in [6.45, 7) is 20.4. The van der Waals surface area contributed by atoms with Crippen molar-refractivity contribution >= 4 is 17.8 Å². The van der Waals surface area contributed by atoms with E-state index < -0.39 is 8.07 Å². The molecule has 0 aliphatic heterocycles. The lowest BCUT2D eigenvalue weighted by Crippen LogP contribution is -2.52. The van der Waals surface area contributed by atoms with E-state index in [-0.39, 0.29) is 10.6 Å². The van der Waals surface area contributed by atoms with Gasteiger partial charge in [-0.05, 0) is 37.8 Å². The third-order valence-electron chi connectivity index (χ3n) is 4.59. The maximum atomic E-state index is 6.20. The highest BCUT2D eigenvalue weighted by Gasteiger charge is 2.49. The fraction of sp³-hybridized carbons (Fsp3) is 0.857. The van der Waals surface area contributed by atoms with E-state index in [0.29, 0.717) is 9.76 Å². The van der Waals surface area contributed by atoms with Crippen LogP contribution in [0.5, 0.6) is 0 Å². The van der Waals surface area contributed by atoms with Gasteiger partial charge in [0.1, 0.15) is 0 Å². The lowest BCUT2D eigenvalue weighted by atomic mass is 9.86. The Labute approximate surface area is 112 Å². The predicted octanol–water partition coefficient (Wildman–Crippen LogP) is 4.90. The van der Waals surface area contributed by atoms with Crippen LogP contribution in [0.2, 0.25) is 31.2 Å². The Morgan fingerprint density at radius 1 is 1.24 bits per heavy atom. The SMILES string of the molecule is C=CCCCC(C)(O[Si]C)C(C)(C)[Si](C)(C)C. The molecule has 1 unspecified atom stereocenters. The fourth-order valence-corrected chi connectivity index (χ4v) is 4.77. The van der Waals surface area contributed by atoms with Crippen LogP contribution in [0.15, 0.2) is 12.7 Å². The molecule has 0 fully saturated rings. The van der Waals surface area contributed by atoms with E-state index in [0.717, 1.165) is 12.8 Å². The zero-order valence-corrected chi connectivity index (χ0v) is 14.8. The van der Waals surface area contributed by atoms with Gasteiger partial charge in [-0.25, -0.2) is 0 Å². The minimum absolute atomic E-state index is 0.00762. The maximum Gasteiger partial charge on any atom is 0.226 e. The lowest BCUT2D eigenvalue weighted by Gasteiger charge is -2.51. The van der Waals surface area contributed by atoms with Crippen molar-refractivity contribution in [3.05, 3.63) is 12.7 Å². The van der Waals surface area contributed by atoms with Crippen molar-refractivity contribution in [3.63, 3.8) is 0 Å². The Morgan fingerprint density at radius 2 is 1.76 bits per heavy atom. The summed E-state index contributed by atoms with van der Waals surface area (Å²) < 4.78 is 6.20. The molecule has 0 aromatic carbocycles. The van der Waals surface area contributed by atoms with Gasteiger partial charge in [-0.2, -0.15) is 0 Å². The van der Waals surface area contributed by atoms with Gasteiger partial charge < -0.3 is 4.43 Å². The maximum absolute atomic E-state index is 6.20. The van der Waals surface area contributed by atoms with Crippen LogP contribution in [-0.4, -0.2) is 23.4 Å². The standard InChI is InChI=1S/C14H30OSi2/c1-9-10-11-12-14(4,15-16-5)13(2,3)17(6,7)8/h9H,1,10-12H2,2-8H3. The summed E-state index contributed by atoms with van der Waals surface area (Å²) in [5, 5.41) is 0.282. The van der Waals surface area contributed by atoms with E-state index in [1.807, 2.05) is 6.08 Å². The van der Waals surface area contributed by atoms with E-state index in [1.54, 1.807) is 0 Å². The zero-order valence-electron chi connectivity index (χ0n) is 12.8. The molecule has 0 saturated carbocycles. The first-order valence-corrected chi connectivity index (χ1v) is 11.5.